The van der Waals surface area contributed by atoms with Crippen LogP contribution >= 0.6 is 0 Å². The fourth-order valence-corrected chi connectivity index (χ4v) is 2.73. The third-order valence-corrected chi connectivity index (χ3v) is 4.16. The molecule has 0 aliphatic heterocycles. The highest BCUT2D eigenvalue weighted by Gasteiger charge is 2.11. The Kier molecular flexibility index (Phi) is 4.25. The lowest BCUT2D eigenvalue weighted by atomic mass is 10.2. The number of fused-ring (bicyclic) bond motifs is 1. The summed E-state index contributed by atoms with van der Waals surface area (Å²) in [6.45, 7) is 0.139. The Morgan fingerprint density at radius 3 is 2.59 bits per heavy atom. The molecule has 0 aliphatic rings. The van der Waals surface area contributed by atoms with Gasteiger partial charge in [0, 0.05) is 23.3 Å². The molecule has 4 aromatic rings. The normalized spacial score (nSPS) is 10.9. The van der Waals surface area contributed by atoms with Crippen LogP contribution in [0.2, 0.25) is 0 Å². The van der Waals surface area contributed by atoms with Crippen LogP contribution in [0, 0.1) is 15.9 Å². The molecule has 0 saturated carbocycles. The molecule has 27 heavy (non-hydrogen) atoms. The van der Waals surface area contributed by atoms with Crippen molar-refractivity contribution in [3.8, 4) is 17.1 Å². The van der Waals surface area contributed by atoms with E-state index < -0.39 is 4.92 Å². The number of H-pyrrole nitrogens is 1. The van der Waals surface area contributed by atoms with Crippen molar-refractivity contribution in [1.29, 1.82) is 0 Å². The number of benzene rings is 3. The predicted octanol–water partition coefficient (Wildman–Crippen LogP) is 4.86. The topological polar surface area (TPSA) is 81.1 Å². The summed E-state index contributed by atoms with van der Waals surface area (Å²) in [5, 5.41) is 10.9. The first-order chi connectivity index (χ1) is 13.1. The van der Waals surface area contributed by atoms with Crippen molar-refractivity contribution in [2.24, 2.45) is 0 Å². The molecule has 7 heteroatoms. The van der Waals surface area contributed by atoms with Crippen molar-refractivity contribution in [3.05, 3.63) is 88.2 Å². The molecule has 0 saturated heterocycles. The van der Waals surface area contributed by atoms with Gasteiger partial charge in [-0.15, -0.1) is 0 Å². The Bertz CT molecular complexity index is 1120. The van der Waals surface area contributed by atoms with Crippen LogP contribution in [0.25, 0.3) is 22.4 Å². The Morgan fingerprint density at radius 1 is 1.07 bits per heavy atom. The van der Waals surface area contributed by atoms with Gasteiger partial charge < -0.3 is 9.72 Å². The molecular weight excluding hydrogens is 349 g/mol. The van der Waals surface area contributed by atoms with Gasteiger partial charge in [0.25, 0.3) is 5.69 Å². The zero-order valence-corrected chi connectivity index (χ0v) is 14.1. The number of ether oxygens (including phenoxy) is 1. The molecular formula is C20H14FN3O3. The first-order valence-electron chi connectivity index (χ1n) is 8.21. The van der Waals surface area contributed by atoms with Crippen molar-refractivity contribution in [3.63, 3.8) is 0 Å². The average Bonchev–Trinajstić information content (AvgIpc) is 3.11. The van der Waals surface area contributed by atoms with Crippen LogP contribution in [-0.2, 0) is 6.61 Å². The van der Waals surface area contributed by atoms with E-state index in [0.717, 1.165) is 5.56 Å². The van der Waals surface area contributed by atoms with Crippen molar-refractivity contribution >= 4 is 16.7 Å². The summed E-state index contributed by atoms with van der Waals surface area (Å²) in [6, 6.07) is 18.1. The van der Waals surface area contributed by atoms with Crippen molar-refractivity contribution in [1.82, 2.24) is 9.97 Å². The second kappa shape index (κ2) is 6.87. The summed E-state index contributed by atoms with van der Waals surface area (Å²) in [4.78, 5) is 18.0. The molecule has 0 atom stereocenters. The maximum atomic E-state index is 13.6. The number of nitro groups is 1. The molecule has 0 bridgehead atoms. The Hall–Kier alpha value is -3.74. The first kappa shape index (κ1) is 16.7. The lowest BCUT2D eigenvalue weighted by molar-refractivity contribution is -0.384. The van der Waals surface area contributed by atoms with Crippen LogP contribution in [0.15, 0.2) is 66.7 Å². The number of non-ortho nitro benzene ring substituents is 1. The number of hydrogen-bond donors (Lipinski definition) is 1. The molecule has 1 aromatic heterocycles. The number of hydrogen-bond acceptors (Lipinski definition) is 4. The van der Waals surface area contributed by atoms with Crippen LogP contribution in [0.3, 0.4) is 0 Å². The summed E-state index contributed by atoms with van der Waals surface area (Å²) < 4.78 is 19.2. The van der Waals surface area contributed by atoms with E-state index in [2.05, 4.69) is 9.97 Å². The molecule has 4 rings (SSSR count). The minimum absolute atomic E-state index is 0.00888. The lowest BCUT2D eigenvalue weighted by Crippen LogP contribution is -1.98. The second-order valence-electron chi connectivity index (χ2n) is 5.95. The van der Waals surface area contributed by atoms with Gasteiger partial charge in [-0.1, -0.05) is 18.2 Å². The van der Waals surface area contributed by atoms with Gasteiger partial charge in [0.1, 0.15) is 24.0 Å². The number of imidazole rings is 1. The van der Waals surface area contributed by atoms with Gasteiger partial charge >= 0.3 is 0 Å². The van der Waals surface area contributed by atoms with E-state index in [9.17, 15) is 14.5 Å². The summed E-state index contributed by atoms with van der Waals surface area (Å²) in [6.07, 6.45) is 0. The van der Waals surface area contributed by atoms with Gasteiger partial charge in [-0.2, -0.15) is 0 Å². The SMILES string of the molecule is O=[N+]([O-])c1ccc2nc(-c3ccc(OCc4ccccc4F)cc3)[nH]c2c1. The van der Waals surface area contributed by atoms with E-state index in [0.29, 0.717) is 28.2 Å². The summed E-state index contributed by atoms with van der Waals surface area (Å²) in [5.74, 6) is 0.908. The number of nitro benzene ring substituents is 1. The van der Waals surface area contributed by atoms with Crippen molar-refractivity contribution < 1.29 is 14.1 Å². The van der Waals surface area contributed by atoms with E-state index in [4.69, 9.17) is 4.74 Å². The molecule has 0 aliphatic carbocycles. The van der Waals surface area contributed by atoms with Gasteiger partial charge in [-0.3, -0.25) is 10.1 Å². The van der Waals surface area contributed by atoms with E-state index in [-0.39, 0.29) is 18.1 Å². The van der Waals surface area contributed by atoms with E-state index >= 15 is 0 Å². The van der Waals surface area contributed by atoms with Crippen molar-refractivity contribution in [2.75, 3.05) is 0 Å². The monoisotopic (exact) mass is 363 g/mol. The highest BCUT2D eigenvalue weighted by atomic mass is 19.1. The minimum atomic E-state index is -0.443. The zero-order chi connectivity index (χ0) is 18.8. The third kappa shape index (κ3) is 3.48. The molecule has 0 fully saturated rings. The quantitative estimate of drug-likeness (QED) is 0.406. The fraction of sp³-hybridized carbons (Fsp3) is 0.0500. The largest absolute Gasteiger partial charge is 0.489 e. The summed E-state index contributed by atoms with van der Waals surface area (Å²) in [7, 11) is 0. The third-order valence-electron chi connectivity index (χ3n) is 4.16. The van der Waals surface area contributed by atoms with Crippen LogP contribution in [-0.4, -0.2) is 14.9 Å². The standard InChI is InChI=1S/C20H14FN3O3/c21-17-4-2-1-3-14(17)12-27-16-8-5-13(6-9-16)20-22-18-10-7-15(24(25)26)11-19(18)23-20/h1-11H,12H2,(H,22,23). The van der Waals surface area contributed by atoms with Gasteiger partial charge in [-0.25, -0.2) is 9.37 Å². The van der Waals surface area contributed by atoms with Crippen LogP contribution < -0.4 is 4.74 Å². The average molecular weight is 363 g/mol. The molecule has 6 nitrogen and oxygen atoms in total. The van der Waals surface area contributed by atoms with Gasteiger partial charge in [-0.05, 0) is 36.4 Å². The number of halogens is 1. The Balaban J connectivity index is 1.52. The second-order valence-corrected chi connectivity index (χ2v) is 5.95. The number of nitrogens with zero attached hydrogens (tertiary/aromatic N) is 2. The smallest absolute Gasteiger partial charge is 0.271 e. The Labute approximate surface area is 153 Å². The van der Waals surface area contributed by atoms with Crippen molar-refractivity contribution in [2.45, 2.75) is 6.61 Å². The predicted molar refractivity (Wildman–Crippen MR) is 98.9 cm³/mol. The van der Waals surface area contributed by atoms with Gasteiger partial charge in [0.15, 0.2) is 0 Å². The zero-order valence-electron chi connectivity index (χ0n) is 14.1. The molecule has 0 amide bonds. The van der Waals surface area contributed by atoms with E-state index in [1.165, 1.54) is 18.2 Å². The highest BCUT2D eigenvalue weighted by molar-refractivity contribution is 5.81. The molecule has 0 unspecified atom stereocenters. The van der Waals surface area contributed by atoms with Crippen LogP contribution in [0.4, 0.5) is 10.1 Å². The molecule has 0 radical (unpaired) electrons. The Morgan fingerprint density at radius 2 is 1.85 bits per heavy atom. The molecule has 1 N–H and O–H groups in total. The number of aromatic nitrogens is 2. The van der Waals surface area contributed by atoms with E-state index in [1.54, 1.807) is 36.4 Å². The first-order valence-corrected chi connectivity index (χ1v) is 8.21. The summed E-state index contributed by atoms with van der Waals surface area (Å²) in [5.41, 5.74) is 2.55. The minimum Gasteiger partial charge on any atom is -0.489 e. The number of aromatic amines is 1. The summed E-state index contributed by atoms with van der Waals surface area (Å²) >= 11 is 0. The molecule has 3 aromatic carbocycles. The van der Waals surface area contributed by atoms with Gasteiger partial charge in [0.2, 0.25) is 0 Å². The lowest BCUT2D eigenvalue weighted by Gasteiger charge is -2.07. The maximum absolute atomic E-state index is 13.6. The maximum Gasteiger partial charge on any atom is 0.271 e. The number of rotatable bonds is 5. The highest BCUT2D eigenvalue weighted by Crippen LogP contribution is 2.25. The molecule has 1 heterocycles. The van der Waals surface area contributed by atoms with Gasteiger partial charge in [0.05, 0.1) is 16.0 Å². The van der Waals surface area contributed by atoms with E-state index in [1.807, 2.05) is 12.1 Å². The van der Waals surface area contributed by atoms with Crippen LogP contribution in [0.5, 0.6) is 5.75 Å². The number of nitrogens with one attached hydrogen (secondary N) is 1. The molecule has 0 spiro atoms. The van der Waals surface area contributed by atoms with Crippen LogP contribution in [0.1, 0.15) is 5.56 Å². The fourth-order valence-electron chi connectivity index (χ4n) is 2.73. The molecule has 134 valence electrons.